The van der Waals surface area contributed by atoms with Gasteiger partial charge in [-0.15, -0.1) is 0 Å². The lowest BCUT2D eigenvalue weighted by Crippen LogP contribution is -2.49. The molecule has 1 saturated heterocycles. The Morgan fingerprint density at radius 1 is 1.67 bits per heavy atom. The molecule has 0 amide bonds. The Bertz CT molecular complexity index is 136. The number of hydrogen-bond donors (Lipinski definition) is 1. The van der Waals surface area contributed by atoms with Crippen molar-refractivity contribution in [2.24, 2.45) is 0 Å². The van der Waals surface area contributed by atoms with Gasteiger partial charge in [-0.2, -0.15) is 0 Å². The quantitative estimate of drug-likeness (QED) is 0.554. The van der Waals surface area contributed by atoms with Gasteiger partial charge in [0.15, 0.2) is 0 Å². The van der Waals surface area contributed by atoms with Gasteiger partial charge in [0.1, 0.15) is 0 Å². The van der Waals surface area contributed by atoms with Crippen molar-refractivity contribution in [2.45, 2.75) is 19.4 Å². The van der Waals surface area contributed by atoms with E-state index in [9.17, 15) is 9.79 Å². The molecule has 1 atom stereocenters. The summed E-state index contributed by atoms with van der Waals surface area (Å²) < 4.78 is 5.36. The summed E-state index contributed by atoms with van der Waals surface area (Å²) in [6.07, 6.45) is 1.06. The molecule has 5 nitrogen and oxygen atoms in total. The lowest BCUT2D eigenvalue weighted by Gasteiger charge is -2.41. The molecular weight excluding hydrogens is 179 g/mol. The van der Waals surface area contributed by atoms with E-state index >= 15 is 0 Å². The first-order valence-corrected chi connectivity index (χ1v) is 5.17. The molecule has 1 unspecified atom stereocenters. The fourth-order valence-electron chi connectivity index (χ4n) is 1.17. The van der Waals surface area contributed by atoms with E-state index in [0.717, 1.165) is 6.42 Å². The Hall–Kier alpha value is 0.230. The van der Waals surface area contributed by atoms with Gasteiger partial charge in [0.2, 0.25) is 0 Å². The molecule has 0 bridgehead atoms. The van der Waals surface area contributed by atoms with Crippen LogP contribution in [0.15, 0.2) is 0 Å². The lowest BCUT2D eigenvalue weighted by molar-refractivity contribution is -0.300. The van der Waals surface area contributed by atoms with Crippen LogP contribution in [0.25, 0.3) is 0 Å². The average molecular weight is 192 g/mol. The summed E-state index contributed by atoms with van der Waals surface area (Å²) in [5.74, 6) is 0. The molecule has 1 heterocycles. The summed E-state index contributed by atoms with van der Waals surface area (Å²) in [4.78, 5) is 20.6. The number of morpholine rings is 1. The van der Waals surface area contributed by atoms with E-state index in [1.165, 1.54) is 0 Å². The van der Waals surface area contributed by atoms with Crippen LogP contribution in [0.1, 0.15) is 13.3 Å². The zero-order valence-electron chi connectivity index (χ0n) is 7.02. The van der Waals surface area contributed by atoms with Crippen molar-refractivity contribution in [1.29, 1.82) is 0 Å². The van der Waals surface area contributed by atoms with Gasteiger partial charge >= 0.3 is 0 Å². The normalized spacial score (nSPS) is 26.5. The molecule has 0 spiro atoms. The summed E-state index contributed by atoms with van der Waals surface area (Å²) >= 11 is 0. The van der Waals surface area contributed by atoms with Crippen LogP contribution < -0.4 is 15.0 Å². The van der Waals surface area contributed by atoms with Crippen molar-refractivity contribution in [1.82, 2.24) is 10.2 Å². The molecule has 72 valence electrons. The molecule has 0 saturated carbocycles. The molecule has 1 rings (SSSR count). The Balaban J connectivity index is 2.25. The van der Waals surface area contributed by atoms with Crippen molar-refractivity contribution < 1.29 is 14.5 Å². The van der Waals surface area contributed by atoms with Crippen LogP contribution in [-0.2, 0) is 4.74 Å². The average Bonchev–Trinajstić information content (AvgIpc) is 2.03. The van der Waals surface area contributed by atoms with Crippen LogP contribution in [0.2, 0.25) is 0 Å². The zero-order valence-corrected chi connectivity index (χ0v) is 7.92. The third-order valence-corrected chi connectivity index (χ3v) is 2.26. The van der Waals surface area contributed by atoms with E-state index in [1.807, 2.05) is 6.92 Å². The molecule has 0 radical (unpaired) electrons. The molecule has 6 heteroatoms. The highest BCUT2D eigenvalue weighted by molar-refractivity contribution is 7.39. The van der Waals surface area contributed by atoms with Crippen LogP contribution in [0.4, 0.5) is 0 Å². The van der Waals surface area contributed by atoms with Gasteiger partial charge in [0, 0.05) is 13.1 Å². The summed E-state index contributed by atoms with van der Waals surface area (Å²) in [6.45, 7) is 3.87. The molecule has 0 aromatic carbocycles. The van der Waals surface area contributed by atoms with E-state index in [4.69, 9.17) is 4.74 Å². The number of hydrazine groups is 1. The number of hydrogen-bond acceptors (Lipinski definition) is 5. The molecule has 0 aromatic rings. The Morgan fingerprint density at radius 2 is 2.42 bits per heavy atom. The highest BCUT2D eigenvalue weighted by Gasteiger charge is 2.17. The topological polar surface area (TPSA) is 70.6 Å². The maximum Gasteiger partial charge on any atom is 0.0714 e. The summed E-state index contributed by atoms with van der Waals surface area (Å²) in [5.41, 5.74) is 0. The molecule has 12 heavy (non-hydrogen) atoms. The van der Waals surface area contributed by atoms with Crippen LogP contribution in [0, 0.1) is 0 Å². The highest BCUT2D eigenvalue weighted by Crippen LogP contribution is 2.11. The van der Waals surface area contributed by atoms with Crippen LogP contribution in [0.5, 0.6) is 0 Å². The lowest BCUT2D eigenvalue weighted by atomic mass is 10.2. The predicted molar refractivity (Wildman–Crippen MR) is 41.7 cm³/mol. The maximum absolute atomic E-state index is 10.3. The summed E-state index contributed by atoms with van der Waals surface area (Å²) in [5, 5.41) is 4.02. The minimum Gasteiger partial charge on any atom is -0.829 e. The van der Waals surface area contributed by atoms with Crippen LogP contribution in [0.3, 0.4) is 0 Å². The van der Waals surface area contributed by atoms with Crippen molar-refractivity contribution in [2.75, 3.05) is 19.7 Å². The smallest absolute Gasteiger partial charge is 0.0714 e. The fraction of sp³-hybridized carbons (Fsp3) is 1.00. The minimum absolute atomic E-state index is 0.154. The van der Waals surface area contributed by atoms with Gasteiger partial charge in [-0.1, -0.05) is 6.92 Å². The van der Waals surface area contributed by atoms with E-state index < -0.39 is 8.53 Å². The zero-order chi connectivity index (χ0) is 8.97. The Kier molecular flexibility index (Phi) is 4.35. The first-order valence-electron chi connectivity index (χ1n) is 3.99. The monoisotopic (exact) mass is 192 g/mol. The SMILES string of the molecule is CCC1CN(NP([O-])[O-])CCO1. The van der Waals surface area contributed by atoms with Gasteiger partial charge in [0.05, 0.1) is 12.7 Å². The predicted octanol–water partition coefficient (Wildman–Crippen LogP) is -1.45. The van der Waals surface area contributed by atoms with Gasteiger partial charge in [-0.3, -0.25) is 5.20 Å². The highest BCUT2D eigenvalue weighted by atomic mass is 31.2. The van der Waals surface area contributed by atoms with Gasteiger partial charge in [-0.05, 0) is 6.42 Å². The first kappa shape index (κ1) is 10.3. The van der Waals surface area contributed by atoms with Crippen molar-refractivity contribution >= 4 is 8.53 Å². The number of rotatable bonds is 3. The molecule has 0 aromatic heterocycles. The summed E-state index contributed by atoms with van der Waals surface area (Å²) in [6, 6.07) is 0. The third kappa shape index (κ3) is 3.31. The van der Waals surface area contributed by atoms with Crippen LogP contribution in [-0.4, -0.2) is 30.8 Å². The van der Waals surface area contributed by atoms with Gasteiger partial charge < -0.3 is 14.5 Å². The molecular formula is C6H13N2O3P-2. The second-order valence-electron chi connectivity index (χ2n) is 2.70. The molecule has 1 aliphatic rings. The number of ether oxygens (including phenoxy) is 1. The van der Waals surface area contributed by atoms with Crippen molar-refractivity contribution in [3.05, 3.63) is 0 Å². The first-order chi connectivity index (χ1) is 5.72. The van der Waals surface area contributed by atoms with E-state index in [2.05, 4.69) is 5.20 Å². The number of nitrogens with one attached hydrogen (secondary N) is 1. The Morgan fingerprint density at radius 3 is 3.00 bits per heavy atom. The minimum atomic E-state index is -2.53. The van der Waals surface area contributed by atoms with E-state index in [-0.39, 0.29) is 6.10 Å². The second kappa shape index (κ2) is 5.07. The molecule has 0 aliphatic carbocycles. The molecule has 1 aliphatic heterocycles. The molecule has 1 N–H and O–H groups in total. The second-order valence-corrected chi connectivity index (χ2v) is 3.42. The Labute approximate surface area is 73.3 Å². The number of nitrogens with zero attached hydrogens (tertiary/aromatic N) is 1. The van der Waals surface area contributed by atoms with E-state index in [1.54, 1.807) is 5.01 Å². The largest absolute Gasteiger partial charge is 0.829 e. The van der Waals surface area contributed by atoms with Gasteiger partial charge in [-0.25, -0.2) is 13.5 Å². The fourth-order valence-corrected chi connectivity index (χ4v) is 1.59. The third-order valence-electron chi connectivity index (χ3n) is 1.82. The van der Waals surface area contributed by atoms with Crippen molar-refractivity contribution in [3.63, 3.8) is 0 Å². The van der Waals surface area contributed by atoms with Crippen LogP contribution >= 0.6 is 8.53 Å². The molecule has 1 fully saturated rings. The van der Waals surface area contributed by atoms with Crippen molar-refractivity contribution in [3.8, 4) is 0 Å². The summed E-state index contributed by atoms with van der Waals surface area (Å²) in [7, 11) is -2.53. The maximum atomic E-state index is 10.3. The van der Waals surface area contributed by atoms with E-state index in [0.29, 0.717) is 19.7 Å². The van der Waals surface area contributed by atoms with Gasteiger partial charge in [0.25, 0.3) is 0 Å². The standard InChI is InChI=1S/C6H13N2O3P/c1-2-6-5-8(3-4-11-6)7-12(9)10/h6-7H,2-5H2,1H3/q-2.